The molecule has 2 aromatic carbocycles. The molecule has 0 aliphatic carbocycles. The lowest BCUT2D eigenvalue weighted by atomic mass is 10.1. The van der Waals surface area contributed by atoms with Crippen molar-refractivity contribution in [3.8, 4) is 0 Å². The second-order valence-electron chi connectivity index (χ2n) is 6.13. The third kappa shape index (κ3) is 4.21. The summed E-state index contributed by atoms with van der Waals surface area (Å²) in [6, 6.07) is 18.1. The van der Waals surface area contributed by atoms with Gasteiger partial charge in [-0.25, -0.2) is 4.98 Å². The zero-order valence-corrected chi connectivity index (χ0v) is 15.1. The highest BCUT2D eigenvalue weighted by molar-refractivity contribution is 5.83. The molecule has 0 fully saturated rings. The minimum atomic E-state index is -0.0689. The number of methoxy groups -OCH3 is 1. The summed E-state index contributed by atoms with van der Waals surface area (Å²) in [5.41, 5.74) is 2.95. The molecule has 6 nitrogen and oxygen atoms in total. The maximum absolute atomic E-state index is 12.3. The van der Waals surface area contributed by atoms with Crippen molar-refractivity contribution in [2.45, 2.75) is 19.5 Å². The van der Waals surface area contributed by atoms with Crippen LogP contribution in [0.4, 0.5) is 5.95 Å². The Morgan fingerprint density at radius 1 is 1.15 bits per heavy atom. The Labute approximate surface area is 153 Å². The van der Waals surface area contributed by atoms with E-state index < -0.39 is 0 Å². The zero-order chi connectivity index (χ0) is 18.4. The van der Waals surface area contributed by atoms with E-state index in [1.54, 1.807) is 7.11 Å². The van der Waals surface area contributed by atoms with Crippen LogP contribution in [0.25, 0.3) is 11.0 Å². The molecule has 0 aliphatic rings. The van der Waals surface area contributed by atoms with Crippen LogP contribution in [-0.4, -0.2) is 35.7 Å². The Morgan fingerprint density at radius 3 is 2.65 bits per heavy atom. The third-order valence-corrected chi connectivity index (χ3v) is 4.23. The van der Waals surface area contributed by atoms with E-state index >= 15 is 0 Å². The van der Waals surface area contributed by atoms with Crippen molar-refractivity contribution in [3.63, 3.8) is 0 Å². The average molecular weight is 352 g/mol. The van der Waals surface area contributed by atoms with Crippen LogP contribution >= 0.6 is 0 Å². The summed E-state index contributed by atoms with van der Waals surface area (Å²) in [5.74, 6) is 0.616. The number of benzene rings is 2. The molecule has 3 aromatic rings. The Hall–Kier alpha value is -2.86. The van der Waals surface area contributed by atoms with Gasteiger partial charge in [-0.3, -0.25) is 4.79 Å². The van der Waals surface area contributed by atoms with Crippen molar-refractivity contribution >= 4 is 22.9 Å². The highest BCUT2D eigenvalue weighted by Gasteiger charge is 2.15. The van der Waals surface area contributed by atoms with Gasteiger partial charge in [-0.1, -0.05) is 42.5 Å². The number of hydrogen-bond donors (Lipinski definition) is 2. The molecule has 0 bridgehead atoms. The number of hydrogen-bond acceptors (Lipinski definition) is 4. The van der Waals surface area contributed by atoms with Crippen molar-refractivity contribution in [3.05, 3.63) is 60.2 Å². The van der Waals surface area contributed by atoms with E-state index in [0.29, 0.717) is 19.1 Å². The SMILES string of the molecule is COCCNC(=O)Cn1c(NC(C)c2ccccc2)nc2ccccc21. The first-order valence-electron chi connectivity index (χ1n) is 8.71. The van der Waals surface area contributed by atoms with Crippen molar-refractivity contribution in [2.75, 3.05) is 25.6 Å². The minimum absolute atomic E-state index is 0.0689. The van der Waals surface area contributed by atoms with Crippen LogP contribution in [0, 0.1) is 0 Å². The van der Waals surface area contributed by atoms with Gasteiger partial charge in [0.1, 0.15) is 6.54 Å². The van der Waals surface area contributed by atoms with E-state index in [0.717, 1.165) is 16.6 Å². The molecule has 0 saturated heterocycles. The molecule has 2 N–H and O–H groups in total. The molecule has 1 amide bonds. The van der Waals surface area contributed by atoms with E-state index in [2.05, 4.69) is 34.7 Å². The Balaban J connectivity index is 1.83. The van der Waals surface area contributed by atoms with Crippen LogP contribution in [0.3, 0.4) is 0 Å². The number of rotatable bonds is 8. The predicted molar refractivity (Wildman–Crippen MR) is 103 cm³/mol. The van der Waals surface area contributed by atoms with E-state index in [9.17, 15) is 4.79 Å². The number of imidazole rings is 1. The fourth-order valence-corrected chi connectivity index (χ4v) is 2.86. The number of nitrogens with one attached hydrogen (secondary N) is 2. The highest BCUT2D eigenvalue weighted by Crippen LogP contribution is 2.23. The Morgan fingerprint density at radius 2 is 1.88 bits per heavy atom. The van der Waals surface area contributed by atoms with Gasteiger partial charge in [0.25, 0.3) is 0 Å². The third-order valence-electron chi connectivity index (χ3n) is 4.23. The fraction of sp³-hybridized carbons (Fsp3) is 0.300. The van der Waals surface area contributed by atoms with Crippen molar-refractivity contribution in [1.29, 1.82) is 0 Å². The van der Waals surface area contributed by atoms with Crippen LogP contribution in [0.5, 0.6) is 0 Å². The van der Waals surface area contributed by atoms with Gasteiger partial charge in [0, 0.05) is 13.7 Å². The molecule has 3 rings (SSSR count). The monoisotopic (exact) mass is 352 g/mol. The van der Waals surface area contributed by atoms with Crippen LogP contribution in [-0.2, 0) is 16.1 Å². The normalized spacial score (nSPS) is 12.1. The largest absolute Gasteiger partial charge is 0.383 e. The molecule has 6 heteroatoms. The standard InChI is InChI=1S/C20H24N4O2/c1-15(16-8-4-3-5-9-16)22-20-23-17-10-6-7-11-18(17)24(20)14-19(25)21-12-13-26-2/h3-11,15H,12-14H2,1-2H3,(H,21,25)(H,22,23). The Kier molecular flexibility index (Phi) is 5.86. The molecular weight excluding hydrogens is 328 g/mol. The van der Waals surface area contributed by atoms with Crippen LogP contribution in [0.1, 0.15) is 18.5 Å². The maximum Gasteiger partial charge on any atom is 0.240 e. The highest BCUT2D eigenvalue weighted by atomic mass is 16.5. The van der Waals surface area contributed by atoms with Crippen LogP contribution in [0.15, 0.2) is 54.6 Å². The van der Waals surface area contributed by atoms with Gasteiger partial charge in [-0.15, -0.1) is 0 Å². The molecule has 26 heavy (non-hydrogen) atoms. The number of anilines is 1. The number of aromatic nitrogens is 2. The summed E-state index contributed by atoms with van der Waals surface area (Å²) in [4.78, 5) is 17.0. The van der Waals surface area contributed by atoms with E-state index in [-0.39, 0.29) is 18.5 Å². The summed E-state index contributed by atoms with van der Waals surface area (Å²) >= 11 is 0. The molecule has 1 aromatic heterocycles. The number of carbonyl (C=O) groups is 1. The number of fused-ring (bicyclic) bond motifs is 1. The first-order valence-corrected chi connectivity index (χ1v) is 8.71. The molecule has 0 spiro atoms. The lowest BCUT2D eigenvalue weighted by Crippen LogP contribution is -2.30. The van der Waals surface area contributed by atoms with Gasteiger partial charge < -0.3 is 19.9 Å². The zero-order valence-electron chi connectivity index (χ0n) is 15.1. The predicted octanol–water partition coefficient (Wildman–Crippen LogP) is 2.97. The van der Waals surface area contributed by atoms with Gasteiger partial charge in [0.2, 0.25) is 11.9 Å². The second kappa shape index (κ2) is 8.49. The second-order valence-corrected chi connectivity index (χ2v) is 6.13. The number of nitrogens with zero attached hydrogens (tertiary/aromatic N) is 2. The lowest BCUT2D eigenvalue weighted by molar-refractivity contribution is -0.121. The molecule has 0 saturated carbocycles. The van der Waals surface area contributed by atoms with E-state index in [1.165, 1.54) is 0 Å². The number of para-hydroxylation sites is 2. The van der Waals surface area contributed by atoms with E-state index in [4.69, 9.17) is 4.74 Å². The van der Waals surface area contributed by atoms with Crippen molar-refractivity contribution < 1.29 is 9.53 Å². The van der Waals surface area contributed by atoms with Gasteiger partial charge in [0.15, 0.2) is 0 Å². The van der Waals surface area contributed by atoms with Gasteiger partial charge >= 0.3 is 0 Å². The Bertz CT molecular complexity index is 861. The smallest absolute Gasteiger partial charge is 0.240 e. The first-order chi connectivity index (χ1) is 12.7. The molecule has 0 aliphatic heterocycles. The van der Waals surface area contributed by atoms with Gasteiger partial charge in [-0.05, 0) is 24.6 Å². The molecule has 136 valence electrons. The summed E-state index contributed by atoms with van der Waals surface area (Å²) in [6.45, 7) is 3.27. The molecule has 0 radical (unpaired) electrons. The fourth-order valence-electron chi connectivity index (χ4n) is 2.86. The number of carbonyl (C=O) groups excluding carboxylic acids is 1. The van der Waals surface area contributed by atoms with Gasteiger partial charge in [0.05, 0.1) is 23.7 Å². The quantitative estimate of drug-likeness (QED) is 0.612. The summed E-state index contributed by atoms with van der Waals surface area (Å²) in [5, 5.41) is 6.29. The molecule has 1 atom stereocenters. The van der Waals surface area contributed by atoms with E-state index in [1.807, 2.05) is 47.0 Å². The summed E-state index contributed by atoms with van der Waals surface area (Å²) in [7, 11) is 1.61. The van der Waals surface area contributed by atoms with Crippen molar-refractivity contribution in [2.24, 2.45) is 0 Å². The first kappa shape index (κ1) is 17.9. The molecule has 1 heterocycles. The summed E-state index contributed by atoms with van der Waals surface area (Å²) < 4.78 is 6.89. The molecule has 1 unspecified atom stereocenters. The van der Waals surface area contributed by atoms with Crippen LogP contribution in [0.2, 0.25) is 0 Å². The number of ether oxygens (including phenoxy) is 1. The molecular formula is C20H24N4O2. The lowest BCUT2D eigenvalue weighted by Gasteiger charge is -2.16. The number of amides is 1. The summed E-state index contributed by atoms with van der Waals surface area (Å²) in [6.07, 6.45) is 0. The van der Waals surface area contributed by atoms with Crippen LogP contribution < -0.4 is 10.6 Å². The maximum atomic E-state index is 12.3. The van der Waals surface area contributed by atoms with Gasteiger partial charge in [-0.2, -0.15) is 0 Å². The van der Waals surface area contributed by atoms with Crippen molar-refractivity contribution in [1.82, 2.24) is 14.9 Å². The topological polar surface area (TPSA) is 68.2 Å². The minimum Gasteiger partial charge on any atom is -0.383 e. The average Bonchev–Trinajstić information content (AvgIpc) is 3.00.